The molecule has 4 nitrogen and oxygen atoms in total. The third-order valence-electron chi connectivity index (χ3n) is 4.96. The van der Waals surface area contributed by atoms with Gasteiger partial charge in [-0.05, 0) is 42.5 Å². The highest BCUT2D eigenvalue weighted by Crippen LogP contribution is 2.22. The molecule has 2 aromatic carbocycles. The normalized spacial score (nSPS) is 14.8. The molecular formula is C21H23N3O. The van der Waals surface area contributed by atoms with Gasteiger partial charge in [0.1, 0.15) is 0 Å². The first-order valence-corrected chi connectivity index (χ1v) is 9.02. The molecule has 0 unspecified atom stereocenters. The second-order valence-corrected chi connectivity index (χ2v) is 6.81. The minimum atomic E-state index is 0.0287. The molecule has 4 rings (SSSR count). The molecule has 0 radical (unpaired) electrons. The van der Waals surface area contributed by atoms with E-state index in [2.05, 4.69) is 35.2 Å². The lowest BCUT2D eigenvalue weighted by Crippen LogP contribution is -2.36. The minimum Gasteiger partial charge on any atom is -0.342 e. The van der Waals surface area contributed by atoms with E-state index in [0.717, 1.165) is 43.1 Å². The number of fused-ring (bicyclic) bond motifs is 1. The van der Waals surface area contributed by atoms with Crippen LogP contribution in [0.5, 0.6) is 0 Å². The third-order valence-corrected chi connectivity index (χ3v) is 4.96. The van der Waals surface area contributed by atoms with Crippen molar-refractivity contribution in [2.75, 3.05) is 18.0 Å². The van der Waals surface area contributed by atoms with Gasteiger partial charge in [-0.15, -0.1) is 0 Å². The predicted molar refractivity (Wildman–Crippen MR) is 102 cm³/mol. The molecule has 0 aliphatic carbocycles. The highest BCUT2D eigenvalue weighted by atomic mass is 16.1. The van der Waals surface area contributed by atoms with Gasteiger partial charge in [0.25, 0.3) is 5.56 Å². The van der Waals surface area contributed by atoms with E-state index >= 15 is 0 Å². The van der Waals surface area contributed by atoms with Crippen LogP contribution in [0.4, 0.5) is 5.95 Å². The lowest BCUT2D eigenvalue weighted by atomic mass is 10.0. The van der Waals surface area contributed by atoms with Crippen molar-refractivity contribution in [3.8, 4) is 0 Å². The van der Waals surface area contributed by atoms with Gasteiger partial charge in [0.05, 0.1) is 6.54 Å². The molecule has 0 saturated carbocycles. The summed E-state index contributed by atoms with van der Waals surface area (Å²) in [7, 11) is 0. The molecule has 0 spiro atoms. The SMILES string of the molecule is Cc1cc(=O)n(Cc2cccc3ccccc23)c(N2CCCCC2)n1. The maximum absolute atomic E-state index is 12.7. The van der Waals surface area contributed by atoms with Crippen LogP contribution in [0.3, 0.4) is 0 Å². The minimum absolute atomic E-state index is 0.0287. The van der Waals surface area contributed by atoms with Gasteiger partial charge >= 0.3 is 0 Å². The summed E-state index contributed by atoms with van der Waals surface area (Å²) in [5.74, 6) is 0.817. The average molecular weight is 333 g/mol. The summed E-state index contributed by atoms with van der Waals surface area (Å²) in [4.78, 5) is 19.7. The summed E-state index contributed by atoms with van der Waals surface area (Å²) in [6.45, 7) is 4.41. The molecule has 128 valence electrons. The summed E-state index contributed by atoms with van der Waals surface area (Å²) in [6, 6.07) is 16.2. The van der Waals surface area contributed by atoms with Gasteiger partial charge < -0.3 is 4.90 Å². The Bertz CT molecular complexity index is 950. The molecule has 0 N–H and O–H groups in total. The van der Waals surface area contributed by atoms with Gasteiger partial charge in [-0.2, -0.15) is 0 Å². The van der Waals surface area contributed by atoms with E-state index < -0.39 is 0 Å². The van der Waals surface area contributed by atoms with Crippen LogP contribution in [0, 0.1) is 6.92 Å². The quantitative estimate of drug-likeness (QED) is 0.733. The molecule has 0 bridgehead atoms. The standard InChI is InChI=1S/C21H23N3O/c1-16-14-20(25)24(21(22-16)23-12-5-2-6-13-23)15-18-10-7-9-17-8-3-4-11-19(17)18/h3-4,7-11,14H,2,5-6,12-13,15H2,1H3. The van der Waals surface area contributed by atoms with E-state index in [0.29, 0.717) is 6.54 Å². The fraction of sp³-hybridized carbons (Fsp3) is 0.333. The molecular weight excluding hydrogens is 310 g/mol. The fourth-order valence-corrected chi connectivity index (χ4v) is 3.69. The van der Waals surface area contributed by atoms with Crippen LogP contribution >= 0.6 is 0 Å². The van der Waals surface area contributed by atoms with Gasteiger partial charge in [0.2, 0.25) is 5.95 Å². The number of aryl methyl sites for hydroxylation is 1. The second kappa shape index (κ2) is 6.71. The third kappa shape index (κ3) is 3.16. The number of rotatable bonds is 3. The molecule has 4 heteroatoms. The summed E-state index contributed by atoms with van der Waals surface area (Å²) in [6.07, 6.45) is 3.59. The zero-order valence-corrected chi connectivity index (χ0v) is 14.6. The van der Waals surface area contributed by atoms with E-state index in [-0.39, 0.29) is 5.56 Å². The fourth-order valence-electron chi connectivity index (χ4n) is 3.69. The van der Waals surface area contributed by atoms with Crippen LogP contribution in [0.2, 0.25) is 0 Å². The van der Waals surface area contributed by atoms with E-state index in [1.54, 1.807) is 6.07 Å². The van der Waals surface area contributed by atoms with Gasteiger partial charge in [0, 0.05) is 24.8 Å². The molecule has 0 atom stereocenters. The molecule has 2 heterocycles. The number of anilines is 1. The van der Waals surface area contributed by atoms with Crippen molar-refractivity contribution in [2.45, 2.75) is 32.7 Å². The smallest absolute Gasteiger partial charge is 0.255 e. The van der Waals surface area contributed by atoms with Crippen molar-refractivity contribution in [3.63, 3.8) is 0 Å². The van der Waals surface area contributed by atoms with E-state index in [1.165, 1.54) is 17.2 Å². The van der Waals surface area contributed by atoms with Crippen LogP contribution < -0.4 is 10.5 Å². The van der Waals surface area contributed by atoms with Crippen LogP contribution in [0.15, 0.2) is 53.3 Å². The van der Waals surface area contributed by atoms with Gasteiger partial charge in [0.15, 0.2) is 0 Å². The molecule has 1 saturated heterocycles. The van der Waals surface area contributed by atoms with E-state index in [9.17, 15) is 4.79 Å². The number of nitrogens with zero attached hydrogens (tertiary/aromatic N) is 3. The van der Waals surface area contributed by atoms with Crippen LogP contribution in [-0.4, -0.2) is 22.6 Å². The molecule has 1 fully saturated rings. The first-order chi connectivity index (χ1) is 12.2. The Morgan fingerprint density at radius 1 is 1.00 bits per heavy atom. The van der Waals surface area contributed by atoms with Gasteiger partial charge in [-0.25, -0.2) is 4.98 Å². The Labute approximate surface area is 147 Å². The van der Waals surface area contributed by atoms with Crippen molar-refractivity contribution in [3.05, 3.63) is 70.1 Å². The maximum atomic E-state index is 12.7. The Kier molecular flexibility index (Phi) is 4.26. The first-order valence-electron chi connectivity index (χ1n) is 9.02. The number of piperidine rings is 1. The Morgan fingerprint density at radius 2 is 1.76 bits per heavy atom. The molecule has 1 aliphatic heterocycles. The Balaban J connectivity index is 1.80. The van der Waals surface area contributed by atoms with E-state index in [1.807, 2.05) is 23.6 Å². The zero-order valence-electron chi connectivity index (χ0n) is 14.6. The number of benzene rings is 2. The van der Waals surface area contributed by atoms with Crippen molar-refractivity contribution in [1.29, 1.82) is 0 Å². The van der Waals surface area contributed by atoms with Gasteiger partial charge in [-0.3, -0.25) is 9.36 Å². The van der Waals surface area contributed by atoms with Crippen molar-refractivity contribution >= 4 is 16.7 Å². The second-order valence-electron chi connectivity index (χ2n) is 6.81. The highest BCUT2D eigenvalue weighted by Gasteiger charge is 2.18. The Hall–Kier alpha value is -2.62. The summed E-state index contributed by atoms with van der Waals surface area (Å²) in [5, 5.41) is 2.40. The lowest BCUT2D eigenvalue weighted by Gasteiger charge is -2.30. The summed E-state index contributed by atoms with van der Waals surface area (Å²) >= 11 is 0. The lowest BCUT2D eigenvalue weighted by molar-refractivity contribution is 0.550. The van der Waals surface area contributed by atoms with Crippen LogP contribution in [0.1, 0.15) is 30.5 Å². The van der Waals surface area contributed by atoms with Crippen molar-refractivity contribution in [1.82, 2.24) is 9.55 Å². The molecule has 25 heavy (non-hydrogen) atoms. The van der Waals surface area contributed by atoms with Gasteiger partial charge in [-0.1, -0.05) is 42.5 Å². The first kappa shape index (κ1) is 15.9. The van der Waals surface area contributed by atoms with E-state index in [4.69, 9.17) is 4.98 Å². The largest absolute Gasteiger partial charge is 0.342 e. The molecule has 0 amide bonds. The zero-order chi connectivity index (χ0) is 17.2. The topological polar surface area (TPSA) is 38.1 Å². The number of aromatic nitrogens is 2. The van der Waals surface area contributed by atoms with Crippen LogP contribution in [-0.2, 0) is 6.54 Å². The average Bonchev–Trinajstić information content (AvgIpc) is 2.64. The van der Waals surface area contributed by atoms with Crippen LogP contribution in [0.25, 0.3) is 10.8 Å². The number of hydrogen-bond donors (Lipinski definition) is 0. The Morgan fingerprint density at radius 3 is 2.60 bits per heavy atom. The monoisotopic (exact) mass is 333 g/mol. The van der Waals surface area contributed by atoms with Crippen molar-refractivity contribution < 1.29 is 0 Å². The number of hydrogen-bond acceptors (Lipinski definition) is 3. The molecule has 3 aromatic rings. The summed E-state index contributed by atoms with van der Waals surface area (Å²) in [5.41, 5.74) is 1.98. The highest BCUT2D eigenvalue weighted by molar-refractivity contribution is 5.85. The maximum Gasteiger partial charge on any atom is 0.255 e. The molecule has 1 aliphatic rings. The predicted octanol–water partition coefficient (Wildman–Crippen LogP) is 3.74. The van der Waals surface area contributed by atoms with Crippen molar-refractivity contribution in [2.24, 2.45) is 0 Å². The summed E-state index contributed by atoms with van der Waals surface area (Å²) < 4.78 is 1.83. The molecule has 1 aromatic heterocycles.